The highest BCUT2D eigenvalue weighted by atomic mass is 35.5. The van der Waals surface area contributed by atoms with E-state index in [0.29, 0.717) is 24.4 Å². The summed E-state index contributed by atoms with van der Waals surface area (Å²) in [7, 11) is 1.40. The summed E-state index contributed by atoms with van der Waals surface area (Å²) in [6.45, 7) is 6.30. The molecule has 0 aliphatic rings. The smallest absolute Gasteiger partial charge is 0.352 e. The fourth-order valence-electron chi connectivity index (χ4n) is 4.57. The zero-order valence-corrected chi connectivity index (χ0v) is 24.4. The van der Waals surface area contributed by atoms with Crippen molar-refractivity contribution in [2.75, 3.05) is 20.2 Å². The molecule has 2 aromatic carbocycles. The predicted octanol–water partition coefficient (Wildman–Crippen LogP) is 4.66. The molecule has 214 valence electrons. The summed E-state index contributed by atoms with van der Waals surface area (Å²) in [6, 6.07) is 13.2. The Morgan fingerprint density at radius 1 is 1.20 bits per heavy atom. The van der Waals surface area contributed by atoms with Crippen LogP contribution in [-0.4, -0.2) is 50.2 Å². The minimum atomic E-state index is -0.674. The first-order chi connectivity index (χ1) is 18.7. The molecule has 0 saturated carbocycles. The van der Waals surface area contributed by atoms with Crippen LogP contribution < -0.4 is 16.2 Å². The van der Waals surface area contributed by atoms with Crippen LogP contribution in [0.2, 0.25) is 5.02 Å². The molecule has 0 spiro atoms. The highest BCUT2D eigenvalue weighted by Crippen LogP contribution is 2.32. The van der Waals surface area contributed by atoms with E-state index < -0.39 is 23.5 Å². The maximum Gasteiger partial charge on any atom is 0.352 e. The van der Waals surface area contributed by atoms with E-state index in [-0.39, 0.29) is 53.5 Å². The van der Waals surface area contributed by atoms with Gasteiger partial charge < -0.3 is 15.4 Å². The van der Waals surface area contributed by atoms with Crippen molar-refractivity contribution in [3.63, 3.8) is 0 Å². The van der Waals surface area contributed by atoms with E-state index in [1.54, 1.807) is 24.0 Å². The molecule has 0 aliphatic carbocycles. The molecule has 9 nitrogen and oxygen atoms in total. The van der Waals surface area contributed by atoms with Gasteiger partial charge in [0.2, 0.25) is 0 Å². The Labute approximate surface area is 243 Å². The van der Waals surface area contributed by atoms with Gasteiger partial charge in [0.05, 0.1) is 19.7 Å². The van der Waals surface area contributed by atoms with E-state index >= 15 is 0 Å². The Morgan fingerprint density at radius 3 is 2.50 bits per heavy atom. The van der Waals surface area contributed by atoms with Crippen LogP contribution in [0.4, 0.5) is 4.39 Å². The van der Waals surface area contributed by atoms with Crippen LogP contribution in [0.1, 0.15) is 53.6 Å². The second-order valence-corrected chi connectivity index (χ2v) is 10.1. The summed E-state index contributed by atoms with van der Waals surface area (Å²) in [5.74, 6) is -0.661. The number of aromatic nitrogens is 4. The topological polar surface area (TPSA) is 108 Å². The molecule has 0 fully saturated rings. The zero-order valence-electron chi connectivity index (χ0n) is 22.8. The normalized spacial score (nSPS) is 11.9. The number of halogens is 3. The van der Waals surface area contributed by atoms with Crippen LogP contribution in [-0.2, 0) is 6.54 Å². The first-order valence-electron chi connectivity index (χ1n) is 12.7. The zero-order chi connectivity index (χ0) is 28.3. The number of nitrogens with two attached hydrogens (primary N) is 1. The second kappa shape index (κ2) is 13.3. The Morgan fingerprint density at radius 2 is 1.90 bits per heavy atom. The lowest BCUT2D eigenvalue weighted by Gasteiger charge is -2.35. The molecule has 12 heteroatoms. The van der Waals surface area contributed by atoms with Crippen molar-refractivity contribution in [3.05, 3.63) is 92.4 Å². The molecule has 1 atom stereocenters. The van der Waals surface area contributed by atoms with E-state index in [9.17, 15) is 14.0 Å². The maximum atomic E-state index is 14.5. The van der Waals surface area contributed by atoms with Crippen LogP contribution in [0, 0.1) is 18.7 Å². The standard InChI is InChI=1S/C28H32ClFN6O3.ClH/c1-17(2)23(34(14-8-13-31)27(37)20-12-11-18(3)21(30)15-20)25-32-24-22(29)26(39-4)33-36(24)28(38)35(25)16-19-9-6-5-7-10-19;/h5-7,9-12,15,17,23H,8,13-14,16,31H2,1-4H3;1H. The molecule has 1 unspecified atom stereocenters. The van der Waals surface area contributed by atoms with Gasteiger partial charge in [-0.15, -0.1) is 17.5 Å². The fourth-order valence-corrected chi connectivity index (χ4v) is 4.81. The molecule has 2 aromatic heterocycles. The van der Waals surface area contributed by atoms with Gasteiger partial charge in [-0.25, -0.2) is 14.2 Å². The first kappa shape index (κ1) is 31.1. The van der Waals surface area contributed by atoms with Gasteiger partial charge in [-0.2, -0.15) is 4.52 Å². The molecule has 1 amide bonds. The van der Waals surface area contributed by atoms with Crippen molar-refractivity contribution >= 4 is 35.6 Å². The van der Waals surface area contributed by atoms with E-state index in [0.717, 1.165) is 10.1 Å². The predicted molar refractivity (Wildman–Crippen MR) is 155 cm³/mol. The molecule has 2 heterocycles. The van der Waals surface area contributed by atoms with Gasteiger partial charge in [-0.3, -0.25) is 9.36 Å². The number of hydrogen-bond acceptors (Lipinski definition) is 6. The summed E-state index contributed by atoms with van der Waals surface area (Å²) >= 11 is 6.49. The summed E-state index contributed by atoms with van der Waals surface area (Å²) in [5, 5.41) is 4.29. The Hall–Kier alpha value is -3.47. The average molecular weight is 592 g/mol. The Balaban J connectivity index is 0.00000441. The molecular formula is C28H33Cl2FN6O3. The number of fused-ring (bicyclic) bond motifs is 1. The van der Waals surface area contributed by atoms with Crippen molar-refractivity contribution in [1.82, 2.24) is 24.1 Å². The van der Waals surface area contributed by atoms with Gasteiger partial charge in [0.1, 0.15) is 16.7 Å². The van der Waals surface area contributed by atoms with Crippen molar-refractivity contribution in [2.45, 2.75) is 39.8 Å². The molecular weight excluding hydrogens is 558 g/mol. The van der Waals surface area contributed by atoms with Crippen molar-refractivity contribution in [3.8, 4) is 5.88 Å². The second-order valence-electron chi connectivity index (χ2n) is 9.68. The number of nitrogens with zero attached hydrogens (tertiary/aromatic N) is 5. The van der Waals surface area contributed by atoms with Crippen LogP contribution in [0.25, 0.3) is 5.65 Å². The molecule has 2 N–H and O–H groups in total. The Bertz CT molecular complexity index is 1540. The van der Waals surface area contributed by atoms with Crippen LogP contribution in [0.3, 0.4) is 0 Å². The minimum Gasteiger partial charge on any atom is -0.479 e. The highest BCUT2D eigenvalue weighted by Gasteiger charge is 2.34. The van der Waals surface area contributed by atoms with Gasteiger partial charge in [0.15, 0.2) is 5.65 Å². The largest absolute Gasteiger partial charge is 0.479 e. The van der Waals surface area contributed by atoms with Crippen molar-refractivity contribution in [2.24, 2.45) is 11.7 Å². The molecule has 4 rings (SSSR count). The third-order valence-electron chi connectivity index (χ3n) is 6.58. The third-order valence-corrected chi connectivity index (χ3v) is 6.91. The van der Waals surface area contributed by atoms with Crippen LogP contribution in [0.5, 0.6) is 5.88 Å². The lowest BCUT2D eigenvalue weighted by atomic mass is 9.99. The summed E-state index contributed by atoms with van der Waals surface area (Å²) in [5.41, 5.74) is 6.96. The van der Waals surface area contributed by atoms with E-state index in [1.807, 2.05) is 44.2 Å². The maximum absolute atomic E-state index is 14.5. The van der Waals surface area contributed by atoms with E-state index in [1.165, 1.54) is 17.7 Å². The quantitative estimate of drug-likeness (QED) is 0.288. The summed E-state index contributed by atoms with van der Waals surface area (Å²) in [6.07, 6.45) is 0.496. The van der Waals surface area contributed by atoms with Gasteiger partial charge in [0.25, 0.3) is 11.8 Å². The first-order valence-corrected chi connectivity index (χ1v) is 13.1. The number of ether oxygens (including phenoxy) is 1. The summed E-state index contributed by atoms with van der Waals surface area (Å²) in [4.78, 5) is 34.2. The Kier molecular flexibility index (Phi) is 10.3. The number of carbonyl (C=O) groups is 1. The van der Waals surface area contributed by atoms with Crippen molar-refractivity contribution < 1.29 is 13.9 Å². The third kappa shape index (κ3) is 6.14. The monoisotopic (exact) mass is 590 g/mol. The number of methoxy groups -OCH3 is 1. The van der Waals surface area contributed by atoms with Gasteiger partial charge in [-0.1, -0.05) is 61.8 Å². The van der Waals surface area contributed by atoms with Gasteiger partial charge in [-0.05, 0) is 49.1 Å². The lowest BCUT2D eigenvalue weighted by molar-refractivity contribution is 0.0601. The number of rotatable bonds is 10. The average Bonchev–Trinajstić information content (AvgIpc) is 3.25. The van der Waals surface area contributed by atoms with Crippen molar-refractivity contribution in [1.29, 1.82) is 0 Å². The number of amides is 1. The molecule has 0 radical (unpaired) electrons. The van der Waals surface area contributed by atoms with Gasteiger partial charge in [0, 0.05) is 12.1 Å². The highest BCUT2D eigenvalue weighted by molar-refractivity contribution is 6.34. The van der Waals surface area contributed by atoms with E-state index in [4.69, 9.17) is 27.1 Å². The van der Waals surface area contributed by atoms with Crippen LogP contribution >= 0.6 is 24.0 Å². The minimum absolute atomic E-state index is 0. The number of hydrogen-bond donors (Lipinski definition) is 1. The molecule has 0 aliphatic heterocycles. The number of benzene rings is 2. The lowest BCUT2D eigenvalue weighted by Crippen LogP contribution is -2.43. The number of aryl methyl sites for hydroxylation is 1. The molecule has 0 bridgehead atoms. The number of carbonyl (C=O) groups excluding carboxylic acids is 1. The summed E-state index contributed by atoms with van der Waals surface area (Å²) < 4.78 is 22.3. The fraction of sp³-hybridized carbons (Fsp3) is 0.357. The molecule has 40 heavy (non-hydrogen) atoms. The SMILES string of the molecule is COc1nn2c(=O)n(Cc3ccccc3)c(C(C(C)C)N(CCCN)C(=O)c3ccc(C)c(F)c3)nc2c1Cl.Cl. The molecule has 0 saturated heterocycles. The van der Waals surface area contributed by atoms with E-state index in [2.05, 4.69) is 5.10 Å². The van der Waals surface area contributed by atoms with Crippen LogP contribution in [0.15, 0.2) is 53.3 Å². The van der Waals surface area contributed by atoms with Gasteiger partial charge >= 0.3 is 5.69 Å². The molecule has 4 aromatic rings.